The maximum atomic E-state index is 13.5. The van der Waals surface area contributed by atoms with Crippen molar-refractivity contribution in [3.8, 4) is 11.4 Å². The highest BCUT2D eigenvalue weighted by molar-refractivity contribution is 5.85. The molecule has 3 aliphatic heterocycles. The Bertz CT molecular complexity index is 982. The van der Waals surface area contributed by atoms with Crippen LogP contribution in [0.4, 0.5) is 8.78 Å². The molecule has 30 heavy (non-hydrogen) atoms. The fourth-order valence-corrected chi connectivity index (χ4v) is 4.83. The maximum Gasteiger partial charge on any atom is 0.262 e. The quantitative estimate of drug-likeness (QED) is 0.716. The second-order valence-electron chi connectivity index (χ2n) is 8.06. The average Bonchev–Trinajstić information content (AvgIpc) is 3.31. The number of nitrogens with zero attached hydrogens (tertiary/aromatic N) is 3. The number of fused-ring (bicyclic) bond motifs is 4. The van der Waals surface area contributed by atoms with Crippen LogP contribution in [0.25, 0.3) is 11.4 Å². The first-order chi connectivity index (χ1) is 13.4. The molecule has 2 N–H and O–H groups in total. The summed E-state index contributed by atoms with van der Waals surface area (Å²) in [4.78, 5) is 34.6. The number of amides is 1. The molecule has 3 atom stereocenters. The molecule has 11 heteroatoms. The topological polar surface area (TPSA) is 83.0 Å². The predicted octanol–water partition coefficient (Wildman–Crippen LogP) is 2.02. The lowest BCUT2D eigenvalue weighted by molar-refractivity contribution is -0.136. The monoisotopic (exact) mass is 461 g/mol. The highest BCUT2D eigenvalue weighted by Gasteiger charge is 2.45. The van der Waals surface area contributed by atoms with Crippen LogP contribution in [0, 0.1) is 5.92 Å². The number of carbonyl (C=O) groups excluding carboxylic acids is 1. The van der Waals surface area contributed by atoms with Crippen LogP contribution in [0.1, 0.15) is 24.5 Å². The number of rotatable bonds is 2. The van der Waals surface area contributed by atoms with E-state index in [2.05, 4.69) is 15.3 Å². The molecule has 5 rings (SSSR count). The van der Waals surface area contributed by atoms with E-state index in [1.165, 1.54) is 0 Å². The first-order valence-electron chi connectivity index (χ1n) is 9.55. The van der Waals surface area contributed by atoms with Crippen molar-refractivity contribution >= 4 is 30.7 Å². The molecule has 2 bridgehead atoms. The number of aromatic nitrogens is 3. The smallest absolute Gasteiger partial charge is 0.262 e. The van der Waals surface area contributed by atoms with E-state index in [0.29, 0.717) is 31.0 Å². The Balaban J connectivity index is 0.00000128. The van der Waals surface area contributed by atoms with E-state index < -0.39 is 24.9 Å². The number of piperidine rings is 1. The molecule has 7 nitrogen and oxygen atoms in total. The van der Waals surface area contributed by atoms with Gasteiger partial charge in [-0.2, -0.15) is 0 Å². The Kier molecular flexibility index (Phi) is 6.27. The minimum Gasteiger partial charge on any atom is -0.344 e. The summed E-state index contributed by atoms with van der Waals surface area (Å²) in [6, 6.07) is 2.88. The van der Waals surface area contributed by atoms with Gasteiger partial charge in [-0.25, -0.2) is 13.8 Å². The van der Waals surface area contributed by atoms with Gasteiger partial charge in [-0.05, 0) is 24.5 Å². The third-order valence-corrected chi connectivity index (χ3v) is 6.08. The van der Waals surface area contributed by atoms with Crippen molar-refractivity contribution in [2.24, 2.45) is 5.92 Å². The lowest BCUT2D eigenvalue weighted by Gasteiger charge is -2.43. The van der Waals surface area contributed by atoms with Crippen molar-refractivity contribution in [1.29, 1.82) is 0 Å². The van der Waals surface area contributed by atoms with E-state index in [4.69, 9.17) is 0 Å². The molecule has 0 saturated carbocycles. The van der Waals surface area contributed by atoms with Crippen LogP contribution in [0.2, 0.25) is 0 Å². The molecule has 0 radical (unpaired) electrons. The highest BCUT2D eigenvalue weighted by Crippen LogP contribution is 2.36. The number of H-pyrrole nitrogens is 1. The van der Waals surface area contributed by atoms with Gasteiger partial charge < -0.3 is 14.5 Å². The summed E-state index contributed by atoms with van der Waals surface area (Å²) in [5.74, 6) is -2.36. The molecule has 2 aromatic rings. The fraction of sp³-hybridized carbons (Fsp3) is 0.526. The van der Waals surface area contributed by atoms with E-state index in [9.17, 15) is 18.4 Å². The number of nitrogens with one attached hydrogen (secondary N) is 2. The number of hydrogen-bond donors (Lipinski definition) is 2. The van der Waals surface area contributed by atoms with Gasteiger partial charge in [0.25, 0.3) is 11.5 Å². The summed E-state index contributed by atoms with van der Waals surface area (Å²) in [7, 11) is 0. The summed E-state index contributed by atoms with van der Waals surface area (Å²) < 4.78 is 28.7. The predicted molar refractivity (Wildman–Crippen MR) is 112 cm³/mol. The third kappa shape index (κ3) is 3.86. The molecular formula is C19H23Cl2F2N5O2. The summed E-state index contributed by atoms with van der Waals surface area (Å²) in [6.45, 7) is 1.03. The first-order valence-corrected chi connectivity index (χ1v) is 9.55. The van der Waals surface area contributed by atoms with Crippen LogP contribution in [-0.2, 0) is 11.3 Å². The van der Waals surface area contributed by atoms with Gasteiger partial charge >= 0.3 is 0 Å². The van der Waals surface area contributed by atoms with Gasteiger partial charge in [0, 0.05) is 50.1 Å². The Hall–Kier alpha value is -1.97. The van der Waals surface area contributed by atoms with Crippen molar-refractivity contribution in [3.63, 3.8) is 0 Å². The molecule has 0 aliphatic carbocycles. The van der Waals surface area contributed by atoms with Crippen molar-refractivity contribution < 1.29 is 13.6 Å². The molecule has 0 spiro atoms. The van der Waals surface area contributed by atoms with Gasteiger partial charge in [-0.3, -0.25) is 14.9 Å². The molecule has 164 valence electrons. The zero-order valence-corrected chi connectivity index (χ0v) is 17.6. The van der Waals surface area contributed by atoms with Gasteiger partial charge in [0.1, 0.15) is 5.82 Å². The molecule has 0 aromatic carbocycles. The van der Waals surface area contributed by atoms with E-state index in [1.54, 1.807) is 27.9 Å². The number of likely N-dealkylation sites (tertiary alicyclic amines) is 1. The average molecular weight is 462 g/mol. The molecular weight excluding hydrogens is 439 g/mol. The summed E-state index contributed by atoms with van der Waals surface area (Å²) in [6.07, 6.45) is 3.74. The van der Waals surface area contributed by atoms with Gasteiger partial charge in [0.05, 0.1) is 18.2 Å². The lowest BCUT2D eigenvalue weighted by atomic mass is 9.82. The summed E-state index contributed by atoms with van der Waals surface area (Å²) >= 11 is 0. The molecule has 2 fully saturated rings. The molecule has 2 saturated heterocycles. The lowest BCUT2D eigenvalue weighted by Crippen LogP contribution is -2.53. The highest BCUT2D eigenvalue weighted by atomic mass is 35.5. The van der Waals surface area contributed by atoms with Crippen LogP contribution < -0.4 is 10.9 Å². The minimum atomic E-state index is -2.83. The van der Waals surface area contributed by atoms with E-state index in [0.717, 1.165) is 12.1 Å². The van der Waals surface area contributed by atoms with Crippen molar-refractivity contribution in [1.82, 2.24) is 24.8 Å². The maximum absolute atomic E-state index is 13.5. The zero-order chi connectivity index (χ0) is 19.5. The van der Waals surface area contributed by atoms with E-state index >= 15 is 0 Å². The van der Waals surface area contributed by atoms with Crippen LogP contribution >= 0.6 is 24.8 Å². The number of aromatic amines is 1. The molecule has 5 heterocycles. The van der Waals surface area contributed by atoms with Gasteiger partial charge in [-0.1, -0.05) is 0 Å². The number of imidazole rings is 1. The number of pyridine rings is 1. The summed E-state index contributed by atoms with van der Waals surface area (Å²) in [5.41, 5.74) is 1.34. The molecule has 2 aromatic heterocycles. The second-order valence-corrected chi connectivity index (χ2v) is 8.06. The number of alkyl halides is 2. The number of carbonyl (C=O) groups is 1. The Labute approximate surface area is 184 Å². The fourth-order valence-electron chi connectivity index (χ4n) is 4.83. The first kappa shape index (κ1) is 22.7. The van der Waals surface area contributed by atoms with Crippen molar-refractivity contribution in [2.45, 2.75) is 37.3 Å². The van der Waals surface area contributed by atoms with Crippen molar-refractivity contribution in [2.75, 3.05) is 19.6 Å². The van der Waals surface area contributed by atoms with Crippen LogP contribution in [0.3, 0.4) is 0 Å². The van der Waals surface area contributed by atoms with Crippen LogP contribution in [-0.4, -0.2) is 56.9 Å². The largest absolute Gasteiger partial charge is 0.344 e. The molecule has 3 aliphatic rings. The SMILES string of the molecule is Cl.Cl.O=C([C@@H]1CC(F)(F)CN1)N1C[C@@H]2C[C@H](C1)c1ccc(-c3ncc[nH]3)c(=O)n1C2. The second kappa shape index (κ2) is 8.28. The number of halogens is 4. The Morgan fingerprint density at radius 3 is 2.67 bits per heavy atom. The number of hydrogen-bond acceptors (Lipinski definition) is 4. The minimum absolute atomic E-state index is 0. The third-order valence-electron chi connectivity index (χ3n) is 6.08. The van der Waals surface area contributed by atoms with Gasteiger partial charge in [0.15, 0.2) is 0 Å². The van der Waals surface area contributed by atoms with Crippen LogP contribution in [0.5, 0.6) is 0 Å². The standard InChI is InChI=1S/C19H21F2N5O2.2ClH/c20-19(21)6-14(24-10-19)18(28)25-7-11-5-12(9-25)15-2-1-13(16-22-3-4-23-16)17(27)26(15)8-11;;/h1-4,11-12,14,24H,5-10H2,(H,22,23);2*1H/t11-,12+,14-;;/m0../s1. The van der Waals surface area contributed by atoms with Gasteiger partial charge in [-0.15, -0.1) is 24.8 Å². The van der Waals surface area contributed by atoms with Crippen molar-refractivity contribution in [3.05, 3.63) is 40.6 Å². The van der Waals surface area contributed by atoms with E-state index in [1.807, 2.05) is 6.07 Å². The Morgan fingerprint density at radius 1 is 1.20 bits per heavy atom. The molecule has 1 amide bonds. The van der Waals surface area contributed by atoms with E-state index in [-0.39, 0.29) is 48.1 Å². The van der Waals surface area contributed by atoms with Gasteiger partial charge in [0.2, 0.25) is 5.91 Å². The zero-order valence-electron chi connectivity index (χ0n) is 16.0. The summed E-state index contributed by atoms with van der Waals surface area (Å²) in [5, 5.41) is 2.65. The normalized spacial score (nSPS) is 26.3. The molecule has 0 unspecified atom stereocenters. The Morgan fingerprint density at radius 2 is 2.00 bits per heavy atom. The van der Waals surface area contributed by atoms with Crippen LogP contribution in [0.15, 0.2) is 29.3 Å².